The Hall–Kier alpha value is -1.02. The summed E-state index contributed by atoms with van der Waals surface area (Å²) in [6.45, 7) is 3.40. The average molecular weight is 298 g/mol. The highest BCUT2D eigenvalue weighted by molar-refractivity contribution is 7.78. The topological polar surface area (TPSA) is 24.4 Å². The third-order valence-electron chi connectivity index (χ3n) is 6.15. The molecule has 2 fully saturated rings. The number of nitrogens with zero attached hydrogens (tertiary/aromatic N) is 1. The van der Waals surface area contributed by atoms with E-state index < -0.39 is 0 Å². The van der Waals surface area contributed by atoms with E-state index in [4.69, 9.17) is 12.2 Å². The summed E-state index contributed by atoms with van der Waals surface area (Å²) in [6.07, 6.45) is 7.99. The minimum atomic E-state index is 0.402. The summed E-state index contributed by atoms with van der Waals surface area (Å²) >= 11 is 4.81. The van der Waals surface area contributed by atoms with Gasteiger partial charge in [0, 0.05) is 11.5 Å². The second kappa shape index (κ2) is 5.01. The van der Waals surface area contributed by atoms with Gasteiger partial charge < -0.3 is 5.32 Å². The van der Waals surface area contributed by atoms with Crippen molar-refractivity contribution < 1.29 is 0 Å². The number of aliphatic imine (C=N–C) groups is 1. The molecule has 3 aliphatic rings. The van der Waals surface area contributed by atoms with E-state index in [1.165, 1.54) is 50.6 Å². The fourth-order valence-corrected chi connectivity index (χ4v) is 5.43. The molecule has 0 amide bonds. The highest BCUT2D eigenvalue weighted by atomic mass is 32.1. The maximum Gasteiger partial charge on any atom is 0.0745 e. The zero-order valence-electron chi connectivity index (χ0n) is 12.6. The predicted octanol–water partition coefficient (Wildman–Crippen LogP) is 4.08. The fraction of sp³-hybridized carbons (Fsp3) is 0.611. The second-order valence-corrected chi connectivity index (χ2v) is 7.20. The SMILES string of the molecule is Cc1cc(N=C=S)cc2c1C[C@H]1NCC[C@@]23CCCC[C@@H]13. The number of fused-ring (bicyclic) bond motifs is 1. The molecule has 3 heteroatoms. The van der Waals surface area contributed by atoms with Crippen LogP contribution < -0.4 is 5.32 Å². The van der Waals surface area contributed by atoms with Crippen LogP contribution in [0.1, 0.15) is 48.8 Å². The molecule has 2 aliphatic carbocycles. The molecule has 0 aromatic heterocycles. The van der Waals surface area contributed by atoms with Crippen molar-refractivity contribution in [2.45, 2.75) is 56.9 Å². The molecule has 1 saturated carbocycles. The van der Waals surface area contributed by atoms with Crippen LogP contribution in [0.5, 0.6) is 0 Å². The lowest BCUT2D eigenvalue weighted by atomic mass is 9.52. The first kappa shape index (κ1) is 13.6. The van der Waals surface area contributed by atoms with E-state index in [0.717, 1.165) is 11.6 Å². The second-order valence-electron chi connectivity index (χ2n) is 7.02. The standard InChI is InChI=1S/C18H22N2S/c1-12-8-13(20-11-21)9-16-14(12)10-17-15-4-2-3-5-18(15,16)6-7-19-17/h8-9,15,17,19H,2-7,10H2,1H3/t15-,17+,18+/m0/s1. The highest BCUT2D eigenvalue weighted by Crippen LogP contribution is 2.54. The molecule has 1 aromatic carbocycles. The molecule has 0 spiro atoms. The smallest absolute Gasteiger partial charge is 0.0745 e. The van der Waals surface area contributed by atoms with Gasteiger partial charge in [0.15, 0.2) is 0 Å². The quantitative estimate of drug-likeness (QED) is 0.624. The van der Waals surface area contributed by atoms with Gasteiger partial charge in [-0.15, -0.1) is 0 Å². The summed E-state index contributed by atoms with van der Waals surface area (Å²) in [5.41, 5.74) is 5.95. The van der Waals surface area contributed by atoms with Crippen molar-refractivity contribution in [1.29, 1.82) is 0 Å². The normalized spacial score (nSPS) is 33.6. The third-order valence-corrected chi connectivity index (χ3v) is 6.25. The van der Waals surface area contributed by atoms with E-state index in [9.17, 15) is 0 Å². The van der Waals surface area contributed by atoms with Gasteiger partial charge in [-0.05, 0) is 86.1 Å². The maximum absolute atomic E-state index is 4.81. The predicted molar refractivity (Wildman–Crippen MR) is 89.6 cm³/mol. The van der Waals surface area contributed by atoms with Crippen molar-refractivity contribution in [1.82, 2.24) is 5.32 Å². The molecule has 1 saturated heterocycles. The van der Waals surface area contributed by atoms with Gasteiger partial charge in [-0.3, -0.25) is 0 Å². The first-order valence-electron chi connectivity index (χ1n) is 8.20. The van der Waals surface area contributed by atoms with Gasteiger partial charge in [-0.25, -0.2) is 0 Å². The van der Waals surface area contributed by atoms with Crippen LogP contribution in [0, 0.1) is 12.8 Å². The average Bonchev–Trinajstić information content (AvgIpc) is 2.49. The number of nitrogens with one attached hydrogen (secondary N) is 1. The molecule has 0 unspecified atom stereocenters. The van der Waals surface area contributed by atoms with Crippen molar-refractivity contribution >= 4 is 23.1 Å². The molecular weight excluding hydrogens is 276 g/mol. The van der Waals surface area contributed by atoms with Crippen LogP contribution in [0.3, 0.4) is 0 Å². The van der Waals surface area contributed by atoms with E-state index in [-0.39, 0.29) is 0 Å². The van der Waals surface area contributed by atoms with Gasteiger partial charge in [0.1, 0.15) is 0 Å². The molecule has 21 heavy (non-hydrogen) atoms. The highest BCUT2D eigenvalue weighted by Gasteiger charge is 2.51. The Morgan fingerprint density at radius 3 is 3.10 bits per heavy atom. The summed E-state index contributed by atoms with van der Waals surface area (Å²) in [7, 11) is 0. The van der Waals surface area contributed by atoms with Gasteiger partial charge in [-0.1, -0.05) is 12.8 Å². The van der Waals surface area contributed by atoms with E-state index in [1.54, 1.807) is 11.1 Å². The van der Waals surface area contributed by atoms with Crippen LogP contribution >= 0.6 is 12.2 Å². The molecule has 1 aliphatic heterocycles. The maximum atomic E-state index is 4.81. The van der Waals surface area contributed by atoms with E-state index >= 15 is 0 Å². The van der Waals surface area contributed by atoms with Crippen LogP contribution in [0.15, 0.2) is 17.1 Å². The Bertz CT molecular complexity index is 628. The largest absolute Gasteiger partial charge is 0.313 e. The number of piperidine rings is 1. The third kappa shape index (κ3) is 1.95. The number of hydrogen-bond acceptors (Lipinski definition) is 3. The molecule has 1 aromatic rings. The summed E-state index contributed by atoms with van der Waals surface area (Å²) in [6, 6.07) is 5.18. The van der Waals surface area contributed by atoms with Gasteiger partial charge in [0.2, 0.25) is 0 Å². The fourth-order valence-electron chi connectivity index (χ4n) is 5.32. The molecular formula is C18H22N2S. The van der Waals surface area contributed by atoms with Crippen molar-refractivity contribution in [3.63, 3.8) is 0 Å². The minimum absolute atomic E-state index is 0.402. The number of hydrogen-bond donors (Lipinski definition) is 1. The Morgan fingerprint density at radius 1 is 1.33 bits per heavy atom. The van der Waals surface area contributed by atoms with Crippen molar-refractivity contribution in [2.75, 3.05) is 6.54 Å². The Labute approximate surface area is 132 Å². The number of rotatable bonds is 1. The Kier molecular flexibility index (Phi) is 3.25. The van der Waals surface area contributed by atoms with E-state index in [2.05, 4.69) is 34.5 Å². The van der Waals surface area contributed by atoms with Gasteiger partial charge in [-0.2, -0.15) is 4.99 Å². The van der Waals surface area contributed by atoms with Crippen LogP contribution in [-0.4, -0.2) is 17.7 Å². The molecule has 1 heterocycles. The zero-order valence-corrected chi connectivity index (χ0v) is 13.4. The molecule has 2 nitrogen and oxygen atoms in total. The molecule has 1 N–H and O–H groups in total. The van der Waals surface area contributed by atoms with Gasteiger partial charge >= 0.3 is 0 Å². The summed E-state index contributed by atoms with van der Waals surface area (Å²) in [5, 5.41) is 6.34. The molecule has 4 rings (SSSR count). The lowest BCUT2D eigenvalue weighted by Gasteiger charge is -2.56. The van der Waals surface area contributed by atoms with E-state index in [0.29, 0.717) is 11.5 Å². The first-order valence-corrected chi connectivity index (χ1v) is 8.61. The Morgan fingerprint density at radius 2 is 2.24 bits per heavy atom. The monoisotopic (exact) mass is 298 g/mol. The van der Waals surface area contributed by atoms with Crippen molar-refractivity contribution in [2.24, 2.45) is 10.9 Å². The zero-order chi connectivity index (χ0) is 14.4. The summed E-state index contributed by atoms with van der Waals surface area (Å²) < 4.78 is 0. The van der Waals surface area contributed by atoms with Crippen LogP contribution in [0.25, 0.3) is 0 Å². The van der Waals surface area contributed by atoms with Gasteiger partial charge in [0.05, 0.1) is 10.8 Å². The summed E-state index contributed by atoms with van der Waals surface area (Å²) in [5.74, 6) is 0.818. The molecule has 0 radical (unpaired) electrons. The number of isothiocyanates is 1. The van der Waals surface area contributed by atoms with Crippen LogP contribution in [0.2, 0.25) is 0 Å². The van der Waals surface area contributed by atoms with Crippen LogP contribution in [-0.2, 0) is 11.8 Å². The van der Waals surface area contributed by atoms with Gasteiger partial charge in [0.25, 0.3) is 0 Å². The first-order chi connectivity index (χ1) is 10.2. The number of benzene rings is 1. The van der Waals surface area contributed by atoms with Crippen LogP contribution in [0.4, 0.5) is 5.69 Å². The molecule has 2 bridgehead atoms. The minimum Gasteiger partial charge on any atom is -0.313 e. The number of thiocarbonyl (C=S) groups is 1. The lowest BCUT2D eigenvalue weighted by molar-refractivity contribution is 0.0796. The Balaban J connectivity index is 1.93. The lowest BCUT2D eigenvalue weighted by Crippen LogP contribution is -2.59. The number of aryl methyl sites for hydroxylation is 1. The molecule has 110 valence electrons. The van der Waals surface area contributed by atoms with Crippen molar-refractivity contribution in [3.8, 4) is 0 Å². The van der Waals surface area contributed by atoms with E-state index in [1.807, 2.05) is 0 Å². The van der Waals surface area contributed by atoms with Crippen molar-refractivity contribution in [3.05, 3.63) is 28.8 Å². The summed E-state index contributed by atoms with van der Waals surface area (Å²) in [4.78, 5) is 4.26. The molecule has 3 atom stereocenters.